The summed E-state index contributed by atoms with van der Waals surface area (Å²) in [7, 11) is 1.52. The fraction of sp³-hybridized carbons (Fsp3) is 0.667. The molecule has 0 unspecified atom stereocenters. The van der Waals surface area contributed by atoms with E-state index in [1.54, 1.807) is 0 Å². The monoisotopic (exact) mass is 159 g/mol. The molecule has 0 heterocycles. The third kappa shape index (κ3) is 4.32. The first-order chi connectivity index (χ1) is 5.07. The summed E-state index contributed by atoms with van der Waals surface area (Å²) >= 11 is 0. The normalized spacial score (nSPS) is 9.27. The van der Waals surface area contributed by atoms with Gasteiger partial charge in [0.2, 0.25) is 11.8 Å². The molecule has 5 heteroatoms. The van der Waals surface area contributed by atoms with E-state index in [2.05, 4.69) is 0 Å². The summed E-state index contributed by atoms with van der Waals surface area (Å²) < 4.78 is 0. The van der Waals surface area contributed by atoms with E-state index in [4.69, 9.17) is 11.5 Å². The third-order valence-corrected chi connectivity index (χ3v) is 1.18. The maximum absolute atomic E-state index is 10.9. The zero-order valence-corrected chi connectivity index (χ0v) is 6.54. The molecule has 0 spiro atoms. The number of nitrogens with two attached hydrogens (primary N) is 2. The molecule has 5 nitrogen and oxygen atoms in total. The Morgan fingerprint density at radius 3 is 2.36 bits per heavy atom. The molecule has 0 saturated heterocycles. The predicted molar refractivity (Wildman–Crippen MR) is 40.5 cm³/mol. The van der Waals surface area contributed by atoms with Gasteiger partial charge in [0.05, 0.1) is 6.54 Å². The van der Waals surface area contributed by atoms with Crippen LogP contribution in [0.5, 0.6) is 0 Å². The van der Waals surface area contributed by atoms with Crippen LogP contribution in [0.15, 0.2) is 0 Å². The van der Waals surface area contributed by atoms with Crippen LogP contribution in [0.1, 0.15) is 6.42 Å². The molecule has 0 aliphatic heterocycles. The number of hydrogen-bond donors (Lipinski definition) is 2. The number of carbonyl (C=O) groups excluding carboxylic acids is 2. The van der Waals surface area contributed by atoms with Crippen LogP contribution in [-0.4, -0.2) is 36.9 Å². The van der Waals surface area contributed by atoms with Gasteiger partial charge in [-0.15, -0.1) is 0 Å². The Labute approximate surface area is 65.3 Å². The van der Waals surface area contributed by atoms with Crippen LogP contribution in [0.3, 0.4) is 0 Å². The molecular formula is C6H13N3O2. The molecule has 0 aromatic carbocycles. The maximum atomic E-state index is 10.9. The molecule has 0 aliphatic carbocycles. The van der Waals surface area contributed by atoms with Crippen molar-refractivity contribution in [3.63, 3.8) is 0 Å². The first-order valence-corrected chi connectivity index (χ1v) is 3.30. The third-order valence-electron chi connectivity index (χ3n) is 1.18. The molecule has 0 bridgehead atoms. The van der Waals surface area contributed by atoms with Gasteiger partial charge in [-0.2, -0.15) is 0 Å². The number of hydrogen-bond acceptors (Lipinski definition) is 3. The van der Waals surface area contributed by atoms with Crippen LogP contribution in [0.25, 0.3) is 0 Å². The van der Waals surface area contributed by atoms with E-state index in [9.17, 15) is 9.59 Å². The van der Waals surface area contributed by atoms with Crippen molar-refractivity contribution in [3.05, 3.63) is 0 Å². The van der Waals surface area contributed by atoms with E-state index < -0.39 is 5.91 Å². The highest BCUT2D eigenvalue weighted by Crippen LogP contribution is 1.87. The van der Waals surface area contributed by atoms with Crippen LogP contribution in [0.4, 0.5) is 0 Å². The summed E-state index contributed by atoms with van der Waals surface area (Å²) in [6.07, 6.45) is 0.254. The van der Waals surface area contributed by atoms with Crippen LogP contribution in [0.2, 0.25) is 0 Å². The number of primary amides is 1. The van der Waals surface area contributed by atoms with E-state index in [0.717, 1.165) is 0 Å². The molecule has 0 fully saturated rings. The first kappa shape index (κ1) is 9.90. The lowest BCUT2D eigenvalue weighted by Crippen LogP contribution is -2.36. The summed E-state index contributed by atoms with van der Waals surface area (Å²) in [6, 6.07) is 0. The van der Waals surface area contributed by atoms with Crippen molar-refractivity contribution in [3.8, 4) is 0 Å². The Bertz CT molecular complexity index is 158. The number of likely N-dealkylation sites (N-methyl/N-ethyl adjacent to an activating group) is 1. The largest absolute Gasteiger partial charge is 0.368 e. The quantitative estimate of drug-likeness (QED) is 0.511. The smallest absolute Gasteiger partial charge is 0.237 e. The van der Waals surface area contributed by atoms with Crippen molar-refractivity contribution < 1.29 is 9.59 Å². The topological polar surface area (TPSA) is 89.4 Å². The first-order valence-electron chi connectivity index (χ1n) is 3.30. The molecule has 0 aromatic rings. The maximum Gasteiger partial charge on any atom is 0.237 e. The highest BCUT2D eigenvalue weighted by molar-refractivity contribution is 5.83. The number of rotatable bonds is 4. The highest BCUT2D eigenvalue weighted by atomic mass is 16.2. The molecule has 0 atom stereocenters. The Kier molecular flexibility index (Phi) is 4.21. The van der Waals surface area contributed by atoms with E-state index in [0.29, 0.717) is 6.54 Å². The summed E-state index contributed by atoms with van der Waals surface area (Å²) in [5.41, 5.74) is 10.00. The van der Waals surface area contributed by atoms with Gasteiger partial charge in [-0.05, 0) is 0 Å². The van der Waals surface area contributed by atoms with Gasteiger partial charge in [-0.3, -0.25) is 9.59 Å². The second-order valence-corrected chi connectivity index (χ2v) is 2.25. The molecule has 11 heavy (non-hydrogen) atoms. The van der Waals surface area contributed by atoms with Crippen molar-refractivity contribution in [2.45, 2.75) is 6.42 Å². The summed E-state index contributed by atoms with van der Waals surface area (Å²) in [6.45, 7) is 0.251. The second kappa shape index (κ2) is 4.68. The molecular weight excluding hydrogens is 146 g/mol. The SMILES string of the molecule is CN(CC(N)=O)C(=O)CCN. The average Bonchev–Trinajstić information content (AvgIpc) is 1.86. The summed E-state index contributed by atoms with van der Waals surface area (Å²) in [5.74, 6) is -0.677. The lowest BCUT2D eigenvalue weighted by molar-refractivity contribution is -0.133. The van der Waals surface area contributed by atoms with Gasteiger partial charge in [0.25, 0.3) is 0 Å². The predicted octanol–water partition coefficient (Wildman–Crippen LogP) is -1.72. The lowest BCUT2D eigenvalue weighted by atomic mass is 10.3. The van der Waals surface area contributed by atoms with Crippen LogP contribution in [-0.2, 0) is 9.59 Å². The minimum absolute atomic E-state index is 0.0428. The van der Waals surface area contributed by atoms with Crippen molar-refractivity contribution in [1.29, 1.82) is 0 Å². The average molecular weight is 159 g/mol. The molecule has 0 rings (SSSR count). The van der Waals surface area contributed by atoms with Gasteiger partial charge in [0.1, 0.15) is 0 Å². The number of amides is 2. The van der Waals surface area contributed by atoms with Crippen molar-refractivity contribution >= 4 is 11.8 Å². The molecule has 0 saturated carbocycles. The summed E-state index contributed by atoms with van der Waals surface area (Å²) in [4.78, 5) is 22.5. The fourth-order valence-electron chi connectivity index (χ4n) is 0.636. The number of nitrogens with zero attached hydrogens (tertiary/aromatic N) is 1. The Hall–Kier alpha value is -1.10. The van der Waals surface area contributed by atoms with Gasteiger partial charge < -0.3 is 16.4 Å². The van der Waals surface area contributed by atoms with E-state index in [1.165, 1.54) is 11.9 Å². The highest BCUT2D eigenvalue weighted by Gasteiger charge is 2.08. The Morgan fingerprint density at radius 1 is 1.45 bits per heavy atom. The standard InChI is InChI=1S/C6H13N3O2/c1-9(4-5(8)10)6(11)2-3-7/h2-4,7H2,1H3,(H2,8,10). The van der Waals surface area contributed by atoms with Gasteiger partial charge >= 0.3 is 0 Å². The molecule has 4 N–H and O–H groups in total. The van der Waals surface area contributed by atoms with E-state index >= 15 is 0 Å². The fourth-order valence-corrected chi connectivity index (χ4v) is 0.636. The zero-order valence-electron chi connectivity index (χ0n) is 6.54. The van der Waals surface area contributed by atoms with Gasteiger partial charge in [-0.25, -0.2) is 0 Å². The summed E-state index contributed by atoms with van der Waals surface area (Å²) in [5, 5.41) is 0. The molecule has 0 aromatic heterocycles. The number of carbonyl (C=O) groups is 2. The minimum atomic E-state index is -0.516. The second-order valence-electron chi connectivity index (χ2n) is 2.25. The van der Waals surface area contributed by atoms with Gasteiger partial charge in [0, 0.05) is 20.0 Å². The zero-order chi connectivity index (χ0) is 8.85. The van der Waals surface area contributed by atoms with Crippen LogP contribution < -0.4 is 11.5 Å². The Morgan fingerprint density at radius 2 is 2.00 bits per heavy atom. The van der Waals surface area contributed by atoms with Gasteiger partial charge in [0.15, 0.2) is 0 Å². The minimum Gasteiger partial charge on any atom is -0.368 e. The van der Waals surface area contributed by atoms with E-state index in [1.807, 2.05) is 0 Å². The van der Waals surface area contributed by atoms with Crippen molar-refractivity contribution in [2.24, 2.45) is 11.5 Å². The molecule has 0 aliphatic rings. The molecule has 64 valence electrons. The molecule has 2 amide bonds. The lowest BCUT2D eigenvalue weighted by Gasteiger charge is -2.13. The van der Waals surface area contributed by atoms with Crippen LogP contribution >= 0.6 is 0 Å². The van der Waals surface area contributed by atoms with Crippen LogP contribution in [0, 0.1) is 0 Å². The van der Waals surface area contributed by atoms with E-state index in [-0.39, 0.29) is 18.9 Å². The van der Waals surface area contributed by atoms with Crippen molar-refractivity contribution in [1.82, 2.24) is 4.90 Å². The Balaban J connectivity index is 3.73. The molecule has 0 radical (unpaired) electrons. The van der Waals surface area contributed by atoms with Gasteiger partial charge in [-0.1, -0.05) is 0 Å². The van der Waals surface area contributed by atoms with Crippen molar-refractivity contribution in [2.75, 3.05) is 20.1 Å².